The van der Waals surface area contributed by atoms with Gasteiger partial charge >= 0.3 is 0 Å². The van der Waals surface area contributed by atoms with Crippen molar-refractivity contribution in [3.05, 3.63) is 28.3 Å². The number of carbonyl (C=O) groups excluding carboxylic acids is 1. The van der Waals surface area contributed by atoms with Crippen molar-refractivity contribution in [3.8, 4) is 5.75 Å². The van der Waals surface area contributed by atoms with Gasteiger partial charge in [0.15, 0.2) is 0 Å². The highest BCUT2D eigenvalue weighted by Gasteiger charge is 2.44. The summed E-state index contributed by atoms with van der Waals surface area (Å²) in [6.07, 6.45) is 0. The zero-order valence-corrected chi connectivity index (χ0v) is 10.8. The van der Waals surface area contributed by atoms with Gasteiger partial charge in [0.2, 0.25) is 5.91 Å². The molecule has 8 nitrogen and oxygen atoms in total. The topological polar surface area (TPSA) is 128 Å². The Morgan fingerprint density at radius 2 is 2.35 bits per heavy atom. The summed E-state index contributed by atoms with van der Waals surface area (Å²) in [6.45, 7) is 2.08. The molecule has 108 valence electrons. The number of hydrogen-bond donors (Lipinski definition) is 3. The molecular weight excluding hydrogens is 266 g/mol. The third-order valence-corrected chi connectivity index (χ3v) is 3.48. The molecule has 0 bridgehead atoms. The number of nitrogens with one attached hydrogen (secondary N) is 1. The van der Waals surface area contributed by atoms with Gasteiger partial charge in [-0.05, 0) is 13.0 Å². The fourth-order valence-corrected chi connectivity index (χ4v) is 1.93. The standard InChI is InChI=1S/C12H15N3O5/c1-12(6-20-5-10(12)13)11(17)14-8-4-7(15(18)19)2-3-9(8)16/h2-4,10,16H,5-6,13H2,1H3,(H,14,17). The number of ether oxygens (including phenoxy) is 1. The van der Waals surface area contributed by atoms with E-state index in [1.165, 1.54) is 0 Å². The molecule has 8 heteroatoms. The second-order valence-electron chi connectivity index (χ2n) is 4.95. The number of nitrogens with zero attached hydrogens (tertiary/aromatic N) is 1. The van der Waals surface area contributed by atoms with Crippen LogP contribution in [0, 0.1) is 15.5 Å². The first-order valence-electron chi connectivity index (χ1n) is 5.97. The fraction of sp³-hybridized carbons (Fsp3) is 0.417. The van der Waals surface area contributed by atoms with Crippen LogP contribution in [-0.2, 0) is 9.53 Å². The largest absolute Gasteiger partial charge is 0.506 e. The van der Waals surface area contributed by atoms with E-state index in [9.17, 15) is 20.0 Å². The van der Waals surface area contributed by atoms with Gasteiger partial charge in [0.25, 0.3) is 5.69 Å². The van der Waals surface area contributed by atoms with Crippen LogP contribution in [0.2, 0.25) is 0 Å². The third-order valence-electron chi connectivity index (χ3n) is 3.48. The Morgan fingerprint density at radius 1 is 1.65 bits per heavy atom. The smallest absolute Gasteiger partial charge is 0.271 e. The van der Waals surface area contributed by atoms with Crippen LogP contribution in [0.5, 0.6) is 5.75 Å². The van der Waals surface area contributed by atoms with Crippen molar-refractivity contribution < 1.29 is 19.6 Å². The minimum Gasteiger partial charge on any atom is -0.506 e. The number of amides is 1. The second-order valence-corrected chi connectivity index (χ2v) is 4.95. The lowest BCUT2D eigenvalue weighted by atomic mass is 9.85. The van der Waals surface area contributed by atoms with Crippen LogP contribution in [-0.4, -0.2) is 35.2 Å². The van der Waals surface area contributed by atoms with E-state index in [2.05, 4.69) is 5.32 Å². The van der Waals surface area contributed by atoms with E-state index in [0.717, 1.165) is 18.2 Å². The number of phenols is 1. The van der Waals surface area contributed by atoms with Crippen molar-refractivity contribution in [3.63, 3.8) is 0 Å². The zero-order valence-electron chi connectivity index (χ0n) is 10.8. The maximum Gasteiger partial charge on any atom is 0.271 e. The summed E-state index contributed by atoms with van der Waals surface area (Å²) in [5, 5.41) is 22.8. The van der Waals surface area contributed by atoms with Crippen LogP contribution in [0.3, 0.4) is 0 Å². The summed E-state index contributed by atoms with van der Waals surface area (Å²) in [4.78, 5) is 22.3. The maximum absolute atomic E-state index is 12.2. The summed E-state index contributed by atoms with van der Waals surface area (Å²) in [5.41, 5.74) is 4.64. The lowest BCUT2D eigenvalue weighted by Gasteiger charge is -2.25. The molecule has 1 heterocycles. The predicted molar refractivity (Wildman–Crippen MR) is 70.3 cm³/mol. The monoisotopic (exact) mass is 281 g/mol. The molecule has 2 unspecified atom stereocenters. The summed E-state index contributed by atoms with van der Waals surface area (Å²) >= 11 is 0. The van der Waals surface area contributed by atoms with E-state index in [4.69, 9.17) is 10.5 Å². The molecule has 1 amide bonds. The van der Waals surface area contributed by atoms with Gasteiger partial charge in [-0.1, -0.05) is 0 Å². The van der Waals surface area contributed by atoms with E-state index in [-0.39, 0.29) is 30.3 Å². The molecule has 1 saturated heterocycles. The number of anilines is 1. The number of carbonyl (C=O) groups is 1. The molecule has 4 N–H and O–H groups in total. The van der Waals surface area contributed by atoms with Gasteiger partial charge in [0.05, 0.1) is 29.2 Å². The molecular formula is C12H15N3O5. The molecule has 1 fully saturated rings. The van der Waals surface area contributed by atoms with Crippen molar-refractivity contribution in [2.45, 2.75) is 13.0 Å². The summed E-state index contributed by atoms with van der Waals surface area (Å²) in [6, 6.07) is 2.93. The van der Waals surface area contributed by atoms with E-state index in [0.29, 0.717) is 0 Å². The number of nitrogens with two attached hydrogens (primary N) is 1. The van der Waals surface area contributed by atoms with E-state index in [1.54, 1.807) is 6.92 Å². The zero-order chi connectivity index (χ0) is 14.9. The van der Waals surface area contributed by atoms with Crippen LogP contribution in [0.25, 0.3) is 0 Å². The summed E-state index contributed by atoms with van der Waals surface area (Å²) in [7, 11) is 0. The molecule has 0 aromatic heterocycles. The first-order valence-corrected chi connectivity index (χ1v) is 5.97. The Hall–Kier alpha value is -2.19. The van der Waals surface area contributed by atoms with Gasteiger partial charge in [-0.25, -0.2) is 0 Å². The van der Waals surface area contributed by atoms with Crippen LogP contribution in [0.4, 0.5) is 11.4 Å². The van der Waals surface area contributed by atoms with E-state index < -0.39 is 22.3 Å². The maximum atomic E-state index is 12.2. The first kappa shape index (κ1) is 14.2. The van der Waals surface area contributed by atoms with Gasteiger partial charge in [0, 0.05) is 18.2 Å². The average Bonchev–Trinajstić information content (AvgIpc) is 2.73. The molecule has 1 aliphatic heterocycles. The van der Waals surface area contributed by atoms with Crippen LogP contribution in [0.15, 0.2) is 18.2 Å². The highest BCUT2D eigenvalue weighted by atomic mass is 16.6. The van der Waals surface area contributed by atoms with Crippen molar-refractivity contribution in [2.75, 3.05) is 18.5 Å². The van der Waals surface area contributed by atoms with Crippen molar-refractivity contribution in [1.82, 2.24) is 0 Å². The molecule has 0 radical (unpaired) electrons. The van der Waals surface area contributed by atoms with E-state index >= 15 is 0 Å². The third kappa shape index (κ3) is 2.43. The number of non-ortho nitro benzene ring substituents is 1. The number of benzene rings is 1. The lowest BCUT2D eigenvalue weighted by molar-refractivity contribution is -0.384. The van der Waals surface area contributed by atoms with Crippen LogP contribution < -0.4 is 11.1 Å². The van der Waals surface area contributed by atoms with Gasteiger partial charge in [-0.15, -0.1) is 0 Å². The number of hydrogen-bond acceptors (Lipinski definition) is 6. The fourth-order valence-electron chi connectivity index (χ4n) is 1.93. The Labute approximate surface area is 114 Å². The molecule has 0 spiro atoms. The lowest BCUT2D eigenvalue weighted by Crippen LogP contribution is -2.47. The number of rotatable bonds is 3. The highest BCUT2D eigenvalue weighted by molar-refractivity contribution is 5.97. The van der Waals surface area contributed by atoms with Gasteiger partial charge < -0.3 is 20.9 Å². The molecule has 1 aromatic rings. The molecule has 2 atom stereocenters. The molecule has 2 rings (SSSR count). The molecule has 1 aromatic carbocycles. The molecule has 1 aliphatic rings. The normalized spacial score (nSPS) is 25.4. The van der Waals surface area contributed by atoms with Crippen molar-refractivity contribution in [1.29, 1.82) is 0 Å². The number of aromatic hydroxyl groups is 1. The Morgan fingerprint density at radius 3 is 2.90 bits per heavy atom. The Bertz CT molecular complexity index is 562. The minimum absolute atomic E-state index is 0.0236. The Kier molecular flexibility index (Phi) is 3.60. The molecule has 20 heavy (non-hydrogen) atoms. The van der Waals surface area contributed by atoms with Crippen molar-refractivity contribution in [2.24, 2.45) is 11.1 Å². The van der Waals surface area contributed by atoms with Gasteiger partial charge in [-0.3, -0.25) is 14.9 Å². The van der Waals surface area contributed by atoms with Crippen molar-refractivity contribution >= 4 is 17.3 Å². The van der Waals surface area contributed by atoms with Crippen LogP contribution >= 0.6 is 0 Å². The average molecular weight is 281 g/mol. The summed E-state index contributed by atoms with van der Waals surface area (Å²) in [5.74, 6) is -0.696. The Balaban J connectivity index is 2.23. The minimum atomic E-state index is -0.933. The first-order chi connectivity index (χ1) is 9.34. The predicted octanol–water partition coefficient (Wildman–Crippen LogP) is 0.603. The quantitative estimate of drug-likeness (QED) is 0.423. The van der Waals surface area contributed by atoms with Gasteiger partial charge in [0.1, 0.15) is 5.75 Å². The van der Waals surface area contributed by atoms with E-state index in [1.807, 2.05) is 0 Å². The SMILES string of the molecule is CC1(C(=O)Nc2cc([N+](=O)[O-])ccc2O)COCC1N. The number of nitro groups is 1. The molecule has 0 saturated carbocycles. The second kappa shape index (κ2) is 5.06. The number of nitro benzene ring substituents is 1. The van der Waals surface area contributed by atoms with Gasteiger partial charge in [-0.2, -0.15) is 0 Å². The summed E-state index contributed by atoms with van der Waals surface area (Å²) < 4.78 is 5.17. The highest BCUT2D eigenvalue weighted by Crippen LogP contribution is 2.32. The van der Waals surface area contributed by atoms with Crippen LogP contribution in [0.1, 0.15) is 6.92 Å². The number of phenolic OH excluding ortho intramolecular Hbond substituents is 1. The molecule has 0 aliphatic carbocycles.